The number of fused-ring (bicyclic) bond motifs is 1. The highest BCUT2D eigenvalue weighted by Crippen LogP contribution is 2.26. The van der Waals surface area contributed by atoms with Crippen molar-refractivity contribution in [2.45, 2.75) is 38.3 Å². The Kier molecular flexibility index (Phi) is 6.01. The minimum atomic E-state index is -0.0322. The molecule has 1 fully saturated rings. The molecular formula is C21H27N5O3. The van der Waals surface area contributed by atoms with E-state index in [-0.39, 0.29) is 17.4 Å². The van der Waals surface area contributed by atoms with Gasteiger partial charge in [-0.1, -0.05) is 6.07 Å². The van der Waals surface area contributed by atoms with Crippen LogP contribution in [0.2, 0.25) is 0 Å². The van der Waals surface area contributed by atoms with Gasteiger partial charge in [0, 0.05) is 63.7 Å². The summed E-state index contributed by atoms with van der Waals surface area (Å²) in [5.74, 6) is 0.879. The van der Waals surface area contributed by atoms with Gasteiger partial charge in [0.1, 0.15) is 5.82 Å². The quantitative estimate of drug-likeness (QED) is 0.784. The van der Waals surface area contributed by atoms with Crippen LogP contribution in [0.15, 0.2) is 29.3 Å². The second-order valence-electron chi connectivity index (χ2n) is 7.77. The smallest absolute Gasteiger partial charge is 0.254 e. The van der Waals surface area contributed by atoms with Gasteiger partial charge >= 0.3 is 0 Å². The second kappa shape index (κ2) is 8.84. The van der Waals surface area contributed by atoms with Crippen LogP contribution in [-0.4, -0.2) is 64.0 Å². The first-order valence-corrected chi connectivity index (χ1v) is 10.1. The molecule has 2 aliphatic rings. The zero-order valence-corrected chi connectivity index (χ0v) is 16.8. The molecule has 0 aliphatic carbocycles. The van der Waals surface area contributed by atoms with E-state index in [0.29, 0.717) is 44.9 Å². The van der Waals surface area contributed by atoms with Crippen molar-refractivity contribution in [2.24, 2.45) is 0 Å². The zero-order chi connectivity index (χ0) is 20.2. The Balaban J connectivity index is 1.46. The Morgan fingerprint density at radius 2 is 2.28 bits per heavy atom. The normalized spacial score (nSPS) is 19.3. The molecule has 1 unspecified atom stereocenters. The van der Waals surface area contributed by atoms with Gasteiger partial charge < -0.3 is 14.6 Å². The van der Waals surface area contributed by atoms with Crippen LogP contribution in [0.1, 0.15) is 41.4 Å². The molecule has 0 aromatic carbocycles. The van der Waals surface area contributed by atoms with Crippen molar-refractivity contribution >= 4 is 5.91 Å². The summed E-state index contributed by atoms with van der Waals surface area (Å²) < 4.78 is 5.00. The highest BCUT2D eigenvalue weighted by molar-refractivity contribution is 5.76. The second-order valence-corrected chi connectivity index (χ2v) is 7.77. The van der Waals surface area contributed by atoms with E-state index in [1.54, 1.807) is 13.3 Å². The number of pyridine rings is 1. The molecule has 0 spiro atoms. The van der Waals surface area contributed by atoms with E-state index in [1.165, 1.54) is 0 Å². The fourth-order valence-electron chi connectivity index (χ4n) is 4.15. The zero-order valence-electron chi connectivity index (χ0n) is 16.8. The average Bonchev–Trinajstić information content (AvgIpc) is 3.23. The number of nitrogens with zero attached hydrogens (tertiary/aromatic N) is 4. The summed E-state index contributed by atoms with van der Waals surface area (Å²) in [7, 11) is 1.60. The fourth-order valence-corrected chi connectivity index (χ4v) is 4.15. The summed E-state index contributed by atoms with van der Waals surface area (Å²) in [5.41, 5.74) is 2.78. The number of nitrogens with one attached hydrogen (secondary N) is 1. The van der Waals surface area contributed by atoms with Crippen LogP contribution >= 0.6 is 0 Å². The average molecular weight is 397 g/mol. The van der Waals surface area contributed by atoms with E-state index >= 15 is 0 Å². The van der Waals surface area contributed by atoms with Gasteiger partial charge in [0.2, 0.25) is 5.91 Å². The van der Waals surface area contributed by atoms with Crippen LogP contribution in [-0.2, 0) is 29.0 Å². The maximum Gasteiger partial charge on any atom is 0.254 e. The minimum Gasteiger partial charge on any atom is -0.384 e. The molecule has 8 heteroatoms. The number of methoxy groups -OCH3 is 1. The number of ether oxygens (including phenoxy) is 1. The monoisotopic (exact) mass is 397 g/mol. The number of aromatic nitrogens is 3. The number of rotatable bonds is 6. The first kappa shape index (κ1) is 19.7. The van der Waals surface area contributed by atoms with Gasteiger partial charge in [0.05, 0.1) is 18.7 Å². The molecule has 2 aromatic heterocycles. The molecule has 1 N–H and O–H groups in total. The number of amides is 1. The summed E-state index contributed by atoms with van der Waals surface area (Å²) >= 11 is 0. The van der Waals surface area contributed by atoms with Crippen molar-refractivity contribution in [3.8, 4) is 0 Å². The third-order valence-electron chi connectivity index (χ3n) is 5.75. The van der Waals surface area contributed by atoms with Crippen molar-refractivity contribution in [2.75, 3.05) is 33.4 Å². The van der Waals surface area contributed by atoms with E-state index in [0.717, 1.165) is 36.3 Å². The largest absolute Gasteiger partial charge is 0.384 e. The van der Waals surface area contributed by atoms with Crippen molar-refractivity contribution in [1.82, 2.24) is 24.8 Å². The lowest BCUT2D eigenvalue weighted by Crippen LogP contribution is -2.36. The number of aromatic amines is 1. The molecule has 1 amide bonds. The standard InChI is InChI=1S/C21H27N5O3/c1-29-10-6-19(27)26-9-4-16(13-26)20-23-18-14-25(8-5-17(18)21(28)24-20)12-15-3-2-7-22-11-15/h2-3,7,11,16H,4-6,8-10,12-14H2,1H3,(H,23,24,28). The van der Waals surface area contributed by atoms with Crippen molar-refractivity contribution in [1.29, 1.82) is 0 Å². The first-order chi connectivity index (χ1) is 14.1. The summed E-state index contributed by atoms with van der Waals surface area (Å²) in [6, 6.07) is 4.00. The van der Waals surface area contributed by atoms with Crippen molar-refractivity contribution in [3.63, 3.8) is 0 Å². The molecule has 4 rings (SSSR count). The van der Waals surface area contributed by atoms with Gasteiger partial charge in [-0.2, -0.15) is 0 Å². The van der Waals surface area contributed by atoms with Gasteiger partial charge in [0.25, 0.3) is 5.56 Å². The lowest BCUT2D eigenvalue weighted by molar-refractivity contribution is -0.131. The van der Waals surface area contributed by atoms with E-state index < -0.39 is 0 Å². The topological polar surface area (TPSA) is 91.4 Å². The molecule has 0 radical (unpaired) electrons. The third-order valence-corrected chi connectivity index (χ3v) is 5.75. The Morgan fingerprint density at radius 1 is 1.38 bits per heavy atom. The molecule has 0 bridgehead atoms. The molecule has 0 saturated carbocycles. The van der Waals surface area contributed by atoms with Gasteiger partial charge in [-0.25, -0.2) is 4.98 Å². The van der Waals surface area contributed by atoms with Crippen LogP contribution in [0, 0.1) is 0 Å². The molecular weight excluding hydrogens is 370 g/mol. The molecule has 2 aliphatic heterocycles. The Morgan fingerprint density at radius 3 is 3.07 bits per heavy atom. The lowest BCUT2D eigenvalue weighted by Gasteiger charge is -2.28. The van der Waals surface area contributed by atoms with Crippen molar-refractivity contribution in [3.05, 3.63) is 57.5 Å². The number of likely N-dealkylation sites (tertiary alicyclic amines) is 1. The number of hydrogen-bond donors (Lipinski definition) is 1. The molecule has 2 aromatic rings. The predicted molar refractivity (Wildman–Crippen MR) is 107 cm³/mol. The predicted octanol–water partition coefficient (Wildman–Crippen LogP) is 1.08. The maximum absolute atomic E-state index is 12.6. The molecule has 1 atom stereocenters. The van der Waals surface area contributed by atoms with Crippen LogP contribution < -0.4 is 5.56 Å². The summed E-state index contributed by atoms with van der Waals surface area (Å²) in [4.78, 5) is 41.0. The number of H-pyrrole nitrogens is 1. The van der Waals surface area contributed by atoms with Gasteiger partial charge in [-0.3, -0.25) is 19.5 Å². The number of carbonyl (C=O) groups excluding carboxylic acids is 1. The maximum atomic E-state index is 12.6. The molecule has 154 valence electrons. The van der Waals surface area contributed by atoms with Gasteiger partial charge in [0.15, 0.2) is 0 Å². The minimum absolute atomic E-state index is 0.0322. The Bertz CT molecular complexity index is 914. The van der Waals surface area contributed by atoms with Crippen LogP contribution in [0.5, 0.6) is 0 Å². The lowest BCUT2D eigenvalue weighted by atomic mass is 10.0. The van der Waals surface area contributed by atoms with E-state index in [2.05, 4.69) is 20.9 Å². The van der Waals surface area contributed by atoms with Crippen LogP contribution in [0.25, 0.3) is 0 Å². The Hall–Kier alpha value is -2.58. The van der Waals surface area contributed by atoms with Crippen LogP contribution in [0.4, 0.5) is 0 Å². The first-order valence-electron chi connectivity index (χ1n) is 10.1. The molecule has 4 heterocycles. The van der Waals surface area contributed by atoms with E-state index in [1.807, 2.05) is 17.2 Å². The summed E-state index contributed by atoms with van der Waals surface area (Å²) in [6.07, 6.45) is 5.55. The summed E-state index contributed by atoms with van der Waals surface area (Å²) in [5, 5.41) is 0. The van der Waals surface area contributed by atoms with Gasteiger partial charge in [-0.05, 0) is 24.5 Å². The van der Waals surface area contributed by atoms with E-state index in [4.69, 9.17) is 9.72 Å². The fraction of sp³-hybridized carbons (Fsp3) is 0.524. The third kappa shape index (κ3) is 4.54. The molecule has 29 heavy (non-hydrogen) atoms. The van der Waals surface area contributed by atoms with Gasteiger partial charge in [-0.15, -0.1) is 0 Å². The highest BCUT2D eigenvalue weighted by atomic mass is 16.5. The summed E-state index contributed by atoms with van der Waals surface area (Å²) in [6.45, 7) is 4.01. The molecule has 8 nitrogen and oxygen atoms in total. The Labute approximate surface area is 169 Å². The highest BCUT2D eigenvalue weighted by Gasteiger charge is 2.30. The number of hydrogen-bond acceptors (Lipinski definition) is 6. The van der Waals surface area contributed by atoms with Crippen molar-refractivity contribution < 1.29 is 9.53 Å². The number of carbonyl (C=O) groups is 1. The van der Waals surface area contributed by atoms with Crippen LogP contribution in [0.3, 0.4) is 0 Å². The molecule has 1 saturated heterocycles. The SMILES string of the molecule is COCCC(=O)N1CCC(c2nc3c(c(=O)[nH]2)CCN(Cc2cccnc2)C3)C1. The van der Waals surface area contributed by atoms with E-state index in [9.17, 15) is 9.59 Å².